The van der Waals surface area contributed by atoms with Crippen molar-refractivity contribution in [3.05, 3.63) is 36.3 Å². The minimum atomic E-state index is 0.159. The van der Waals surface area contributed by atoms with Gasteiger partial charge in [-0.1, -0.05) is 6.07 Å². The molecule has 0 spiro atoms. The highest BCUT2D eigenvalue weighted by atomic mass is 16.5. The summed E-state index contributed by atoms with van der Waals surface area (Å²) in [5.41, 5.74) is 2.25. The number of imidazole rings is 1. The van der Waals surface area contributed by atoms with Gasteiger partial charge in [-0.15, -0.1) is 0 Å². The molecule has 5 nitrogen and oxygen atoms in total. The Morgan fingerprint density at radius 1 is 1.22 bits per heavy atom. The number of carbonyl (C=O) groups excluding carboxylic acids is 1. The van der Waals surface area contributed by atoms with E-state index in [0.717, 1.165) is 57.6 Å². The van der Waals surface area contributed by atoms with E-state index in [0.29, 0.717) is 11.8 Å². The van der Waals surface area contributed by atoms with Gasteiger partial charge in [-0.25, -0.2) is 4.98 Å². The predicted octanol–water partition coefficient (Wildman–Crippen LogP) is 2.47. The third kappa shape index (κ3) is 2.85. The molecule has 1 amide bonds. The average molecular weight is 313 g/mol. The molecule has 2 aromatic heterocycles. The smallest absolute Gasteiger partial charge is 0.225 e. The lowest BCUT2D eigenvalue weighted by atomic mass is 9.91. The van der Waals surface area contributed by atoms with E-state index in [2.05, 4.69) is 26.4 Å². The molecule has 2 aromatic rings. The fraction of sp³-hybridized carbons (Fsp3) is 0.556. The number of ether oxygens (including phenoxy) is 1. The van der Waals surface area contributed by atoms with Crippen LogP contribution in [0.1, 0.15) is 37.3 Å². The second-order valence-corrected chi connectivity index (χ2v) is 6.62. The number of hydrogen-bond donors (Lipinski definition) is 0. The van der Waals surface area contributed by atoms with Crippen LogP contribution in [0.3, 0.4) is 0 Å². The van der Waals surface area contributed by atoms with Crippen LogP contribution < -0.4 is 0 Å². The Balaban J connectivity index is 1.52. The standard InChI is InChI=1S/C18H23N3O2/c22-18(14-6-11-23-12-7-14)20-9-2-3-15(13-20)16-4-1-5-17-19-8-10-21(16)17/h1,4-5,8,10,14-15H,2-3,6-7,9,11-13H2. The molecule has 2 fully saturated rings. The maximum atomic E-state index is 12.8. The van der Waals surface area contributed by atoms with Crippen LogP contribution in [0.15, 0.2) is 30.6 Å². The fourth-order valence-corrected chi connectivity index (χ4v) is 3.92. The van der Waals surface area contributed by atoms with Crippen LogP contribution in [0, 0.1) is 5.92 Å². The van der Waals surface area contributed by atoms with Crippen LogP contribution in [-0.2, 0) is 9.53 Å². The van der Waals surface area contributed by atoms with Crippen LogP contribution in [0.5, 0.6) is 0 Å². The van der Waals surface area contributed by atoms with Gasteiger partial charge in [-0.05, 0) is 37.8 Å². The highest BCUT2D eigenvalue weighted by Crippen LogP contribution is 2.29. The first-order chi connectivity index (χ1) is 11.3. The lowest BCUT2D eigenvalue weighted by Gasteiger charge is -2.36. The molecule has 0 saturated carbocycles. The molecule has 0 aliphatic carbocycles. The lowest BCUT2D eigenvalue weighted by molar-refractivity contribution is -0.139. The Bertz CT molecular complexity index is 690. The zero-order valence-corrected chi connectivity index (χ0v) is 13.4. The van der Waals surface area contributed by atoms with Crippen molar-refractivity contribution in [2.24, 2.45) is 5.92 Å². The second-order valence-electron chi connectivity index (χ2n) is 6.62. The highest BCUT2D eigenvalue weighted by Gasteiger charge is 2.31. The minimum Gasteiger partial charge on any atom is -0.381 e. The zero-order chi connectivity index (χ0) is 15.6. The van der Waals surface area contributed by atoms with Gasteiger partial charge in [0.15, 0.2) is 0 Å². The van der Waals surface area contributed by atoms with Crippen molar-refractivity contribution in [3.8, 4) is 0 Å². The Hall–Kier alpha value is -1.88. The van der Waals surface area contributed by atoms with Crippen LogP contribution in [0.4, 0.5) is 0 Å². The monoisotopic (exact) mass is 313 g/mol. The van der Waals surface area contributed by atoms with Crippen LogP contribution in [-0.4, -0.2) is 46.5 Å². The Morgan fingerprint density at radius 3 is 2.96 bits per heavy atom. The van der Waals surface area contributed by atoms with Gasteiger partial charge in [-0.3, -0.25) is 4.79 Å². The van der Waals surface area contributed by atoms with Crippen molar-refractivity contribution in [1.29, 1.82) is 0 Å². The van der Waals surface area contributed by atoms with Gasteiger partial charge in [-0.2, -0.15) is 0 Å². The topological polar surface area (TPSA) is 46.8 Å². The number of nitrogens with zero attached hydrogens (tertiary/aromatic N) is 3. The van der Waals surface area contributed by atoms with E-state index in [-0.39, 0.29) is 5.92 Å². The highest BCUT2D eigenvalue weighted by molar-refractivity contribution is 5.79. The van der Waals surface area contributed by atoms with Gasteiger partial charge >= 0.3 is 0 Å². The van der Waals surface area contributed by atoms with Crippen LogP contribution >= 0.6 is 0 Å². The maximum absolute atomic E-state index is 12.8. The van der Waals surface area contributed by atoms with Gasteiger partial charge < -0.3 is 14.0 Å². The van der Waals surface area contributed by atoms with E-state index in [1.54, 1.807) is 0 Å². The number of amides is 1. The summed E-state index contributed by atoms with van der Waals surface area (Å²) in [6.07, 6.45) is 7.81. The van der Waals surface area contributed by atoms with Crippen molar-refractivity contribution in [3.63, 3.8) is 0 Å². The summed E-state index contributed by atoms with van der Waals surface area (Å²) in [5, 5.41) is 0. The quantitative estimate of drug-likeness (QED) is 0.855. The Kier molecular flexibility index (Phi) is 4.04. The summed E-state index contributed by atoms with van der Waals surface area (Å²) in [6.45, 7) is 3.17. The SMILES string of the molecule is O=C(C1CCOCC1)N1CCCC(c2cccc3nccn23)C1. The molecule has 5 heteroatoms. The second kappa shape index (κ2) is 6.32. The van der Waals surface area contributed by atoms with E-state index in [1.807, 2.05) is 18.5 Å². The van der Waals surface area contributed by atoms with Crippen molar-refractivity contribution >= 4 is 11.6 Å². The van der Waals surface area contributed by atoms with Crippen molar-refractivity contribution in [2.45, 2.75) is 31.6 Å². The van der Waals surface area contributed by atoms with Gasteiger partial charge in [0, 0.05) is 56.2 Å². The summed E-state index contributed by atoms with van der Waals surface area (Å²) in [4.78, 5) is 19.2. The summed E-state index contributed by atoms with van der Waals surface area (Å²) < 4.78 is 7.55. The predicted molar refractivity (Wildman–Crippen MR) is 87.3 cm³/mol. The van der Waals surface area contributed by atoms with E-state index in [4.69, 9.17) is 4.74 Å². The van der Waals surface area contributed by atoms with Crippen molar-refractivity contribution in [2.75, 3.05) is 26.3 Å². The molecule has 0 radical (unpaired) electrons. The molecule has 0 N–H and O–H groups in total. The molecule has 4 rings (SSSR count). The molecule has 2 aliphatic heterocycles. The number of pyridine rings is 1. The third-order valence-electron chi connectivity index (χ3n) is 5.18. The maximum Gasteiger partial charge on any atom is 0.225 e. The van der Waals surface area contributed by atoms with Gasteiger partial charge in [0.05, 0.1) is 0 Å². The first kappa shape index (κ1) is 14.7. The van der Waals surface area contributed by atoms with Gasteiger partial charge in [0.25, 0.3) is 0 Å². The molecular weight excluding hydrogens is 290 g/mol. The number of piperidine rings is 1. The van der Waals surface area contributed by atoms with E-state index < -0.39 is 0 Å². The Morgan fingerprint density at radius 2 is 2.09 bits per heavy atom. The van der Waals surface area contributed by atoms with E-state index in [1.165, 1.54) is 5.69 Å². The van der Waals surface area contributed by atoms with Crippen LogP contribution in [0.2, 0.25) is 0 Å². The molecule has 2 aliphatic rings. The first-order valence-electron chi connectivity index (χ1n) is 8.61. The third-order valence-corrected chi connectivity index (χ3v) is 5.18. The molecule has 2 saturated heterocycles. The summed E-state index contributed by atoms with van der Waals surface area (Å²) in [6, 6.07) is 6.26. The first-order valence-corrected chi connectivity index (χ1v) is 8.61. The Labute approximate surface area is 136 Å². The largest absolute Gasteiger partial charge is 0.381 e. The molecule has 1 atom stereocenters. The van der Waals surface area contributed by atoms with Crippen molar-refractivity contribution < 1.29 is 9.53 Å². The summed E-state index contributed by atoms with van der Waals surface area (Å²) in [5.74, 6) is 0.882. The number of carbonyl (C=O) groups is 1. The average Bonchev–Trinajstić information content (AvgIpc) is 3.10. The van der Waals surface area contributed by atoms with Crippen molar-refractivity contribution in [1.82, 2.24) is 14.3 Å². The minimum absolute atomic E-state index is 0.159. The van der Waals surface area contributed by atoms with Gasteiger partial charge in [0.2, 0.25) is 5.91 Å². The lowest BCUT2D eigenvalue weighted by Crippen LogP contribution is -2.43. The van der Waals surface area contributed by atoms with Gasteiger partial charge in [0.1, 0.15) is 5.65 Å². The fourth-order valence-electron chi connectivity index (χ4n) is 3.92. The zero-order valence-electron chi connectivity index (χ0n) is 13.4. The molecule has 4 heterocycles. The molecule has 122 valence electrons. The molecule has 23 heavy (non-hydrogen) atoms. The molecule has 1 unspecified atom stereocenters. The normalized spacial score (nSPS) is 23.3. The van der Waals surface area contributed by atoms with E-state index in [9.17, 15) is 4.79 Å². The van der Waals surface area contributed by atoms with E-state index >= 15 is 0 Å². The summed E-state index contributed by atoms with van der Waals surface area (Å²) in [7, 11) is 0. The molecular formula is C18H23N3O2. The van der Waals surface area contributed by atoms with Crippen LogP contribution in [0.25, 0.3) is 5.65 Å². The molecule has 0 aromatic carbocycles. The molecule has 0 bridgehead atoms. The number of aromatic nitrogens is 2. The number of rotatable bonds is 2. The summed E-state index contributed by atoms with van der Waals surface area (Å²) >= 11 is 0. The number of fused-ring (bicyclic) bond motifs is 1. The number of hydrogen-bond acceptors (Lipinski definition) is 3. The number of likely N-dealkylation sites (tertiary alicyclic amines) is 1.